The zero-order valence-electron chi connectivity index (χ0n) is 11.7. The highest BCUT2D eigenvalue weighted by molar-refractivity contribution is 14.0. The number of aliphatic imine (C=N–C) groups is 1. The molecule has 0 aliphatic rings. The van der Waals surface area contributed by atoms with Gasteiger partial charge >= 0.3 is 6.18 Å². The average molecular weight is 436 g/mol. The highest BCUT2D eigenvalue weighted by Crippen LogP contribution is 2.18. The van der Waals surface area contributed by atoms with Crippen LogP contribution in [-0.4, -0.2) is 37.7 Å². The van der Waals surface area contributed by atoms with Gasteiger partial charge in [-0.25, -0.2) is 0 Å². The van der Waals surface area contributed by atoms with Crippen LogP contribution in [0.2, 0.25) is 5.02 Å². The van der Waals surface area contributed by atoms with Gasteiger partial charge in [-0.1, -0.05) is 29.8 Å². The molecule has 1 N–H and O–H groups in total. The van der Waals surface area contributed by atoms with Gasteiger partial charge in [0.15, 0.2) is 5.96 Å². The van der Waals surface area contributed by atoms with Gasteiger partial charge in [0.25, 0.3) is 0 Å². The normalized spacial score (nSPS) is 11.8. The fourth-order valence-corrected chi connectivity index (χ4v) is 1.85. The van der Waals surface area contributed by atoms with Crippen molar-refractivity contribution >= 4 is 41.5 Å². The fraction of sp³-hybridized carbons (Fsp3) is 0.462. The average Bonchev–Trinajstić information content (AvgIpc) is 2.36. The number of nitrogens with one attached hydrogen (secondary N) is 1. The Balaban J connectivity index is 0.00000400. The second kappa shape index (κ2) is 9.34. The zero-order chi connectivity index (χ0) is 15.2. The summed E-state index contributed by atoms with van der Waals surface area (Å²) in [6.07, 6.45) is -5.07. The van der Waals surface area contributed by atoms with E-state index in [0.717, 1.165) is 5.56 Å². The minimum Gasteiger partial charge on any atom is -0.356 e. The highest BCUT2D eigenvalue weighted by atomic mass is 127. The summed E-state index contributed by atoms with van der Waals surface area (Å²) >= 11 is 6.04. The Kier molecular flexibility index (Phi) is 9.03. The first-order valence-corrected chi connectivity index (χ1v) is 6.43. The molecule has 1 rings (SSSR count). The molecule has 0 atom stereocenters. The van der Waals surface area contributed by atoms with E-state index in [1.807, 2.05) is 18.2 Å². The lowest BCUT2D eigenvalue weighted by molar-refractivity contribution is -0.132. The van der Waals surface area contributed by atoms with Gasteiger partial charge in [0, 0.05) is 32.2 Å². The van der Waals surface area contributed by atoms with Crippen LogP contribution in [-0.2, 0) is 6.54 Å². The van der Waals surface area contributed by atoms with Gasteiger partial charge in [0.05, 0.1) is 6.42 Å². The van der Waals surface area contributed by atoms with Crippen molar-refractivity contribution in [2.45, 2.75) is 19.1 Å². The van der Waals surface area contributed by atoms with E-state index in [1.54, 1.807) is 18.0 Å². The van der Waals surface area contributed by atoms with E-state index < -0.39 is 12.6 Å². The molecule has 0 fully saturated rings. The summed E-state index contributed by atoms with van der Waals surface area (Å²) in [4.78, 5) is 5.67. The molecule has 1 aromatic carbocycles. The summed E-state index contributed by atoms with van der Waals surface area (Å²) < 4.78 is 36.3. The standard InChI is InChI=1S/C13H17ClF3N3.HI/c1-18-12(19-8-7-13(15,16)17)20(2)9-10-5-3-4-6-11(10)14;/h3-6H,7-9H2,1-2H3,(H,18,19);1H. The van der Waals surface area contributed by atoms with Gasteiger partial charge in [-0.2, -0.15) is 13.2 Å². The maximum absolute atomic E-state index is 12.1. The lowest BCUT2D eigenvalue weighted by Crippen LogP contribution is -2.39. The first kappa shape index (κ1) is 20.3. The van der Waals surface area contributed by atoms with Crippen LogP contribution >= 0.6 is 35.6 Å². The largest absolute Gasteiger partial charge is 0.390 e. The number of hydrogen-bond donors (Lipinski definition) is 1. The molecule has 8 heteroatoms. The minimum absolute atomic E-state index is 0. The van der Waals surface area contributed by atoms with Crippen molar-refractivity contribution in [3.63, 3.8) is 0 Å². The predicted molar refractivity (Wildman–Crippen MR) is 90.4 cm³/mol. The van der Waals surface area contributed by atoms with Crippen molar-refractivity contribution in [2.24, 2.45) is 4.99 Å². The van der Waals surface area contributed by atoms with Gasteiger partial charge in [-0.05, 0) is 11.6 Å². The Bertz CT molecular complexity index is 466. The van der Waals surface area contributed by atoms with Crippen molar-refractivity contribution in [1.29, 1.82) is 0 Å². The molecule has 1 aromatic rings. The summed E-state index contributed by atoms with van der Waals surface area (Å²) in [6.45, 7) is 0.258. The van der Waals surface area contributed by atoms with E-state index in [-0.39, 0.29) is 30.5 Å². The Morgan fingerprint density at radius 3 is 2.48 bits per heavy atom. The minimum atomic E-state index is -4.17. The lowest BCUT2D eigenvalue weighted by atomic mass is 10.2. The van der Waals surface area contributed by atoms with Crippen molar-refractivity contribution in [1.82, 2.24) is 10.2 Å². The fourth-order valence-electron chi connectivity index (χ4n) is 1.66. The Hall–Kier alpha value is -0.700. The van der Waals surface area contributed by atoms with E-state index in [1.165, 1.54) is 7.05 Å². The molecule has 0 bridgehead atoms. The number of hydrogen-bond acceptors (Lipinski definition) is 1. The molecule has 0 amide bonds. The second-order valence-corrected chi connectivity index (χ2v) is 4.69. The molecule has 0 aliphatic carbocycles. The van der Waals surface area contributed by atoms with Crippen LogP contribution < -0.4 is 5.32 Å². The van der Waals surface area contributed by atoms with E-state index in [2.05, 4.69) is 10.3 Å². The molecule has 0 spiro atoms. The summed E-state index contributed by atoms with van der Waals surface area (Å²) in [5.74, 6) is 0.397. The number of benzene rings is 1. The topological polar surface area (TPSA) is 27.6 Å². The van der Waals surface area contributed by atoms with Crippen LogP contribution in [0.5, 0.6) is 0 Å². The molecular weight excluding hydrogens is 418 g/mol. The predicted octanol–water partition coefficient (Wildman–Crippen LogP) is 3.92. The lowest BCUT2D eigenvalue weighted by Gasteiger charge is -2.22. The number of guanidine groups is 1. The van der Waals surface area contributed by atoms with Gasteiger partial charge in [0.2, 0.25) is 0 Å². The molecule has 0 unspecified atom stereocenters. The van der Waals surface area contributed by atoms with Gasteiger partial charge in [-0.15, -0.1) is 24.0 Å². The molecule has 21 heavy (non-hydrogen) atoms. The highest BCUT2D eigenvalue weighted by Gasteiger charge is 2.26. The Morgan fingerprint density at radius 1 is 1.33 bits per heavy atom. The molecule has 0 radical (unpaired) electrons. The summed E-state index contributed by atoms with van der Waals surface area (Å²) in [5, 5.41) is 3.29. The molecule has 0 saturated carbocycles. The number of rotatable bonds is 4. The maximum atomic E-state index is 12.1. The van der Waals surface area contributed by atoms with Crippen LogP contribution in [0.4, 0.5) is 13.2 Å². The van der Waals surface area contributed by atoms with Crippen molar-refractivity contribution in [3.8, 4) is 0 Å². The first-order chi connectivity index (χ1) is 9.33. The molecule has 3 nitrogen and oxygen atoms in total. The number of nitrogens with zero attached hydrogens (tertiary/aromatic N) is 2. The maximum Gasteiger partial charge on any atom is 0.390 e. The van der Waals surface area contributed by atoms with Crippen LogP contribution in [0.1, 0.15) is 12.0 Å². The molecule has 120 valence electrons. The smallest absolute Gasteiger partial charge is 0.356 e. The van der Waals surface area contributed by atoms with Crippen molar-refractivity contribution in [2.75, 3.05) is 20.6 Å². The second-order valence-electron chi connectivity index (χ2n) is 4.29. The summed E-state index contributed by atoms with van der Waals surface area (Å²) in [7, 11) is 3.27. The van der Waals surface area contributed by atoms with Gasteiger partial charge in [-0.3, -0.25) is 4.99 Å². The van der Waals surface area contributed by atoms with Crippen molar-refractivity contribution < 1.29 is 13.2 Å². The number of halogens is 5. The summed E-state index contributed by atoms with van der Waals surface area (Å²) in [5.41, 5.74) is 0.885. The first-order valence-electron chi connectivity index (χ1n) is 6.05. The zero-order valence-corrected chi connectivity index (χ0v) is 14.8. The third-order valence-corrected chi connectivity index (χ3v) is 3.00. The van der Waals surface area contributed by atoms with E-state index in [4.69, 9.17) is 11.6 Å². The molecular formula is C13H18ClF3IN3. The quantitative estimate of drug-likeness (QED) is 0.441. The van der Waals surface area contributed by atoms with E-state index in [0.29, 0.717) is 17.5 Å². The van der Waals surface area contributed by atoms with Gasteiger partial charge < -0.3 is 10.2 Å². The molecule has 0 saturated heterocycles. The van der Waals surface area contributed by atoms with Crippen LogP contribution in [0.25, 0.3) is 0 Å². The molecule has 0 aromatic heterocycles. The third kappa shape index (κ3) is 7.75. The van der Waals surface area contributed by atoms with Crippen LogP contribution in [0.15, 0.2) is 29.3 Å². The van der Waals surface area contributed by atoms with Crippen LogP contribution in [0.3, 0.4) is 0 Å². The summed E-state index contributed by atoms with van der Waals surface area (Å²) in [6, 6.07) is 7.31. The SMILES string of the molecule is CN=C(NCCC(F)(F)F)N(C)Cc1ccccc1Cl.I. The third-order valence-electron chi connectivity index (χ3n) is 2.63. The van der Waals surface area contributed by atoms with Gasteiger partial charge in [0.1, 0.15) is 0 Å². The Morgan fingerprint density at radius 2 is 1.95 bits per heavy atom. The van der Waals surface area contributed by atoms with Crippen LogP contribution in [0, 0.1) is 0 Å². The number of alkyl halides is 3. The van der Waals surface area contributed by atoms with E-state index >= 15 is 0 Å². The van der Waals surface area contributed by atoms with E-state index in [9.17, 15) is 13.2 Å². The Labute approximate surface area is 144 Å². The molecule has 0 aliphatic heterocycles. The van der Waals surface area contributed by atoms with Crippen molar-refractivity contribution in [3.05, 3.63) is 34.9 Å². The molecule has 0 heterocycles. The monoisotopic (exact) mass is 435 g/mol.